The van der Waals surface area contributed by atoms with Crippen LogP contribution in [-0.4, -0.2) is 4.98 Å². The number of halogens is 1. The lowest BCUT2D eigenvalue weighted by Crippen LogP contribution is -1.95. The number of rotatable bonds is 4. The summed E-state index contributed by atoms with van der Waals surface area (Å²) in [7, 11) is 0. The first-order chi connectivity index (χ1) is 7.34. The summed E-state index contributed by atoms with van der Waals surface area (Å²) < 4.78 is 1.10. The monoisotopic (exact) mass is 267 g/mol. The standard InChI is InChI=1S/C13H18BrN/c14-13-8-12(9-15-10-13)7-3-6-11-4-1-2-5-11/h8-11H,1-7H2. The van der Waals surface area contributed by atoms with Gasteiger partial charge >= 0.3 is 0 Å². The summed E-state index contributed by atoms with van der Waals surface area (Å²) in [5, 5.41) is 0. The molecule has 0 N–H and O–H groups in total. The molecular formula is C13H18BrN. The molecule has 82 valence electrons. The highest BCUT2D eigenvalue weighted by Gasteiger charge is 2.13. The molecule has 1 fully saturated rings. The molecule has 2 heteroatoms. The molecule has 1 saturated carbocycles. The predicted molar refractivity (Wildman–Crippen MR) is 66.8 cm³/mol. The van der Waals surface area contributed by atoms with Crippen LogP contribution in [0.15, 0.2) is 22.9 Å². The Hall–Kier alpha value is -0.370. The molecule has 15 heavy (non-hydrogen) atoms. The lowest BCUT2D eigenvalue weighted by Gasteiger charge is -2.08. The molecule has 0 aliphatic heterocycles. The Morgan fingerprint density at radius 2 is 2.07 bits per heavy atom. The van der Waals surface area contributed by atoms with E-state index in [0.717, 1.165) is 10.4 Å². The van der Waals surface area contributed by atoms with Crippen LogP contribution >= 0.6 is 15.9 Å². The number of hydrogen-bond donors (Lipinski definition) is 0. The summed E-state index contributed by atoms with van der Waals surface area (Å²) in [5.74, 6) is 1.02. The van der Waals surface area contributed by atoms with E-state index in [4.69, 9.17) is 0 Å². The number of pyridine rings is 1. The minimum Gasteiger partial charge on any atom is -0.263 e. The fraction of sp³-hybridized carbons (Fsp3) is 0.615. The molecule has 2 rings (SSSR count). The quantitative estimate of drug-likeness (QED) is 0.790. The van der Waals surface area contributed by atoms with Crippen LogP contribution in [0.1, 0.15) is 44.1 Å². The van der Waals surface area contributed by atoms with Gasteiger partial charge < -0.3 is 0 Å². The Bertz CT molecular complexity index is 305. The second kappa shape index (κ2) is 5.64. The zero-order chi connectivity index (χ0) is 10.5. The average Bonchev–Trinajstić information content (AvgIpc) is 2.71. The lowest BCUT2D eigenvalue weighted by atomic mass is 9.99. The van der Waals surface area contributed by atoms with Crippen molar-refractivity contribution in [2.24, 2.45) is 5.92 Å². The molecule has 1 aromatic heterocycles. The maximum absolute atomic E-state index is 4.19. The van der Waals surface area contributed by atoms with Crippen molar-refractivity contribution < 1.29 is 0 Å². The number of aryl methyl sites for hydroxylation is 1. The van der Waals surface area contributed by atoms with E-state index in [0.29, 0.717) is 0 Å². The number of hydrogen-bond acceptors (Lipinski definition) is 1. The van der Waals surface area contributed by atoms with Gasteiger partial charge in [0.05, 0.1) is 0 Å². The van der Waals surface area contributed by atoms with Crippen LogP contribution in [0.5, 0.6) is 0 Å². The minimum atomic E-state index is 1.02. The third-order valence-corrected chi connectivity index (χ3v) is 3.75. The summed E-state index contributed by atoms with van der Waals surface area (Å²) in [4.78, 5) is 4.19. The molecule has 1 aliphatic rings. The van der Waals surface area contributed by atoms with Gasteiger partial charge in [0, 0.05) is 16.9 Å². The topological polar surface area (TPSA) is 12.9 Å². The Labute approximate surface area is 100 Å². The zero-order valence-electron chi connectivity index (χ0n) is 9.08. The Balaban J connectivity index is 1.73. The maximum atomic E-state index is 4.19. The van der Waals surface area contributed by atoms with Crippen LogP contribution in [-0.2, 0) is 6.42 Å². The minimum absolute atomic E-state index is 1.02. The second-order valence-electron chi connectivity index (χ2n) is 4.55. The van der Waals surface area contributed by atoms with E-state index < -0.39 is 0 Å². The molecule has 1 heterocycles. The zero-order valence-corrected chi connectivity index (χ0v) is 10.7. The van der Waals surface area contributed by atoms with Crippen molar-refractivity contribution in [3.05, 3.63) is 28.5 Å². The van der Waals surface area contributed by atoms with Crippen LogP contribution in [0.25, 0.3) is 0 Å². The lowest BCUT2D eigenvalue weighted by molar-refractivity contribution is 0.484. The van der Waals surface area contributed by atoms with Gasteiger partial charge in [-0.25, -0.2) is 0 Å². The van der Waals surface area contributed by atoms with E-state index in [1.807, 2.05) is 12.4 Å². The Morgan fingerprint density at radius 3 is 2.80 bits per heavy atom. The normalized spacial score (nSPS) is 17.1. The molecule has 0 unspecified atom stereocenters. The van der Waals surface area contributed by atoms with Crippen molar-refractivity contribution in [3.8, 4) is 0 Å². The number of aromatic nitrogens is 1. The Kier molecular flexibility index (Phi) is 4.18. The van der Waals surface area contributed by atoms with Crippen LogP contribution in [0.2, 0.25) is 0 Å². The largest absolute Gasteiger partial charge is 0.263 e. The van der Waals surface area contributed by atoms with E-state index in [-0.39, 0.29) is 0 Å². The average molecular weight is 268 g/mol. The van der Waals surface area contributed by atoms with E-state index in [1.54, 1.807) is 0 Å². The van der Waals surface area contributed by atoms with Gasteiger partial charge in [0.2, 0.25) is 0 Å². The fourth-order valence-electron chi connectivity index (χ4n) is 2.49. The summed E-state index contributed by atoms with van der Waals surface area (Å²) >= 11 is 3.46. The third-order valence-electron chi connectivity index (χ3n) is 3.31. The molecule has 0 bridgehead atoms. The van der Waals surface area contributed by atoms with Crippen molar-refractivity contribution in [3.63, 3.8) is 0 Å². The van der Waals surface area contributed by atoms with E-state index in [1.165, 1.54) is 50.5 Å². The van der Waals surface area contributed by atoms with Gasteiger partial charge in [-0.2, -0.15) is 0 Å². The summed E-state index contributed by atoms with van der Waals surface area (Å²) in [6.07, 6.45) is 13.6. The summed E-state index contributed by atoms with van der Waals surface area (Å²) in [6, 6.07) is 2.18. The predicted octanol–water partition coefficient (Wildman–Crippen LogP) is 4.36. The van der Waals surface area contributed by atoms with E-state index in [2.05, 4.69) is 27.0 Å². The van der Waals surface area contributed by atoms with Gasteiger partial charge in [-0.1, -0.05) is 32.1 Å². The summed E-state index contributed by atoms with van der Waals surface area (Å²) in [5.41, 5.74) is 1.36. The highest BCUT2D eigenvalue weighted by molar-refractivity contribution is 9.10. The first kappa shape index (κ1) is 11.1. The van der Waals surface area contributed by atoms with Gasteiger partial charge in [-0.15, -0.1) is 0 Å². The summed E-state index contributed by atoms with van der Waals surface area (Å²) in [6.45, 7) is 0. The van der Waals surface area contributed by atoms with Crippen LogP contribution in [0.4, 0.5) is 0 Å². The molecule has 0 atom stereocenters. The first-order valence-corrected chi connectivity index (χ1v) is 6.73. The fourth-order valence-corrected chi connectivity index (χ4v) is 2.90. The Morgan fingerprint density at radius 1 is 1.27 bits per heavy atom. The van der Waals surface area contributed by atoms with Crippen LogP contribution in [0.3, 0.4) is 0 Å². The van der Waals surface area contributed by atoms with Crippen molar-refractivity contribution in [1.29, 1.82) is 0 Å². The molecule has 0 aromatic carbocycles. The van der Waals surface area contributed by atoms with E-state index in [9.17, 15) is 0 Å². The smallest absolute Gasteiger partial charge is 0.0410 e. The van der Waals surface area contributed by atoms with Crippen LogP contribution in [0, 0.1) is 5.92 Å². The molecule has 0 amide bonds. The molecule has 1 aromatic rings. The maximum Gasteiger partial charge on any atom is 0.0410 e. The van der Waals surface area contributed by atoms with E-state index >= 15 is 0 Å². The molecular weight excluding hydrogens is 250 g/mol. The SMILES string of the molecule is Brc1cncc(CCCC2CCCC2)c1. The highest BCUT2D eigenvalue weighted by atomic mass is 79.9. The van der Waals surface area contributed by atoms with Crippen molar-refractivity contribution in [2.75, 3.05) is 0 Å². The van der Waals surface area contributed by atoms with Gasteiger partial charge in [0.25, 0.3) is 0 Å². The van der Waals surface area contributed by atoms with Gasteiger partial charge in [0.1, 0.15) is 0 Å². The molecule has 0 radical (unpaired) electrons. The molecule has 1 aliphatic carbocycles. The molecule has 0 spiro atoms. The van der Waals surface area contributed by atoms with Gasteiger partial charge in [0.15, 0.2) is 0 Å². The van der Waals surface area contributed by atoms with Crippen molar-refractivity contribution in [2.45, 2.75) is 44.9 Å². The van der Waals surface area contributed by atoms with Crippen molar-refractivity contribution >= 4 is 15.9 Å². The van der Waals surface area contributed by atoms with Crippen LogP contribution < -0.4 is 0 Å². The first-order valence-electron chi connectivity index (χ1n) is 5.94. The number of nitrogens with zero attached hydrogens (tertiary/aromatic N) is 1. The molecule has 1 nitrogen and oxygen atoms in total. The van der Waals surface area contributed by atoms with Crippen molar-refractivity contribution in [1.82, 2.24) is 4.98 Å². The second-order valence-corrected chi connectivity index (χ2v) is 5.47. The van der Waals surface area contributed by atoms with Gasteiger partial charge in [-0.3, -0.25) is 4.98 Å². The van der Waals surface area contributed by atoms with Gasteiger partial charge in [-0.05, 0) is 46.3 Å². The molecule has 0 saturated heterocycles. The highest BCUT2D eigenvalue weighted by Crippen LogP contribution is 2.29. The third kappa shape index (κ3) is 3.60.